The topological polar surface area (TPSA) is 6.48 Å². The van der Waals surface area contributed by atoms with E-state index in [1.165, 1.54) is 41.8 Å². The predicted molar refractivity (Wildman–Crippen MR) is 110 cm³/mol. The van der Waals surface area contributed by atoms with E-state index in [-0.39, 0.29) is 5.41 Å². The second kappa shape index (κ2) is 6.64. The molecule has 3 unspecified atom stereocenters. The van der Waals surface area contributed by atoms with Crippen molar-refractivity contribution < 1.29 is 0 Å². The van der Waals surface area contributed by atoms with Crippen molar-refractivity contribution in [1.29, 1.82) is 0 Å². The molecule has 0 N–H and O–H groups in total. The highest BCUT2D eigenvalue weighted by molar-refractivity contribution is 5.57. The number of allylic oxidation sites excluding steroid dienone is 1. The first-order valence-electron chi connectivity index (χ1n) is 9.72. The van der Waals surface area contributed by atoms with E-state index in [9.17, 15) is 0 Å². The predicted octanol–water partition coefficient (Wildman–Crippen LogP) is 5.08. The SMILES string of the molecule is C/C=C1\CN2CCC(c3cc(N(C)C)ccc3C)(C(C)=C1C)C2CC. The maximum absolute atomic E-state index is 2.73. The van der Waals surface area contributed by atoms with Gasteiger partial charge in [-0.1, -0.05) is 24.6 Å². The van der Waals surface area contributed by atoms with Gasteiger partial charge in [-0.15, -0.1) is 0 Å². The summed E-state index contributed by atoms with van der Waals surface area (Å²) < 4.78 is 0. The van der Waals surface area contributed by atoms with Gasteiger partial charge in [0.25, 0.3) is 0 Å². The van der Waals surface area contributed by atoms with Crippen LogP contribution in [-0.4, -0.2) is 38.1 Å². The summed E-state index contributed by atoms with van der Waals surface area (Å²) in [6.07, 6.45) is 4.76. The monoisotopic (exact) mass is 338 g/mol. The lowest BCUT2D eigenvalue weighted by Crippen LogP contribution is -2.42. The quantitative estimate of drug-likeness (QED) is 0.758. The first-order chi connectivity index (χ1) is 11.9. The molecule has 0 saturated carbocycles. The number of rotatable bonds is 3. The molecular formula is C23H34N2. The smallest absolute Gasteiger partial charge is 0.0364 e. The molecule has 3 rings (SSSR count). The molecule has 136 valence electrons. The molecule has 0 radical (unpaired) electrons. The standard InChI is InChI=1S/C23H34N2/c1-8-19-15-25-13-12-23(22(25)9-2,18(5)17(19)4)21-14-20(24(6)7)11-10-16(21)3/h8,10-11,14,22H,9,12-13,15H2,1-7H3/b19-8+. The van der Waals surface area contributed by atoms with Crippen LogP contribution in [-0.2, 0) is 5.41 Å². The molecule has 1 aromatic rings. The lowest BCUT2D eigenvalue weighted by molar-refractivity contribution is 0.235. The molecule has 0 aromatic heterocycles. The van der Waals surface area contributed by atoms with Crippen LogP contribution in [0.4, 0.5) is 5.69 Å². The molecule has 0 aliphatic carbocycles. The summed E-state index contributed by atoms with van der Waals surface area (Å²) in [6, 6.07) is 7.62. The van der Waals surface area contributed by atoms with Crippen LogP contribution < -0.4 is 4.90 Å². The van der Waals surface area contributed by atoms with Crippen molar-refractivity contribution in [1.82, 2.24) is 4.90 Å². The Balaban J connectivity index is 2.30. The van der Waals surface area contributed by atoms with Gasteiger partial charge in [-0.2, -0.15) is 0 Å². The average molecular weight is 339 g/mol. The minimum Gasteiger partial charge on any atom is -0.378 e. The molecular weight excluding hydrogens is 304 g/mol. The maximum Gasteiger partial charge on any atom is 0.0364 e. The van der Waals surface area contributed by atoms with E-state index in [0.29, 0.717) is 6.04 Å². The molecule has 0 spiro atoms. The maximum atomic E-state index is 2.73. The molecule has 1 fully saturated rings. The summed E-state index contributed by atoms with van der Waals surface area (Å²) in [6.45, 7) is 13.9. The largest absolute Gasteiger partial charge is 0.378 e. The number of benzene rings is 1. The lowest BCUT2D eigenvalue weighted by atomic mass is 9.66. The summed E-state index contributed by atoms with van der Waals surface area (Å²) in [7, 11) is 4.28. The normalized spacial score (nSPS) is 30.8. The number of fused-ring (bicyclic) bond motifs is 2. The molecule has 2 aliphatic heterocycles. The van der Waals surface area contributed by atoms with Crippen LogP contribution in [0.15, 0.2) is 41.0 Å². The Labute approximate surface area is 154 Å². The van der Waals surface area contributed by atoms with Crippen LogP contribution in [0.25, 0.3) is 0 Å². The number of nitrogens with zero attached hydrogens (tertiary/aromatic N) is 2. The number of hydrogen-bond donors (Lipinski definition) is 0. The van der Waals surface area contributed by atoms with Gasteiger partial charge >= 0.3 is 0 Å². The highest BCUT2D eigenvalue weighted by atomic mass is 15.2. The second-order valence-corrected chi connectivity index (χ2v) is 8.07. The summed E-state index contributed by atoms with van der Waals surface area (Å²) in [5.41, 5.74) is 9.05. The Bertz CT molecular complexity index is 726. The second-order valence-electron chi connectivity index (χ2n) is 8.07. The van der Waals surface area contributed by atoms with Crippen molar-refractivity contribution in [3.63, 3.8) is 0 Å². The van der Waals surface area contributed by atoms with Crippen molar-refractivity contribution >= 4 is 5.69 Å². The van der Waals surface area contributed by atoms with Crippen LogP contribution in [0.3, 0.4) is 0 Å². The van der Waals surface area contributed by atoms with Crippen LogP contribution in [0.2, 0.25) is 0 Å². The fourth-order valence-electron chi connectivity index (χ4n) is 5.29. The Morgan fingerprint density at radius 3 is 2.56 bits per heavy atom. The molecule has 2 aliphatic rings. The Morgan fingerprint density at radius 2 is 1.96 bits per heavy atom. The van der Waals surface area contributed by atoms with Crippen LogP contribution in [0.1, 0.15) is 51.7 Å². The summed E-state index contributed by atoms with van der Waals surface area (Å²) in [4.78, 5) is 4.96. The van der Waals surface area contributed by atoms with Gasteiger partial charge in [0, 0.05) is 44.3 Å². The summed E-state index contributed by atoms with van der Waals surface area (Å²) in [5.74, 6) is 0. The highest BCUT2D eigenvalue weighted by Gasteiger charge is 2.51. The van der Waals surface area contributed by atoms with Crippen LogP contribution in [0, 0.1) is 6.92 Å². The van der Waals surface area contributed by atoms with Gasteiger partial charge in [-0.25, -0.2) is 0 Å². The van der Waals surface area contributed by atoms with E-state index in [1.807, 2.05) is 0 Å². The molecule has 2 heterocycles. The minimum absolute atomic E-state index is 0.152. The van der Waals surface area contributed by atoms with Gasteiger partial charge in [-0.3, -0.25) is 4.90 Å². The Hall–Kier alpha value is -1.54. The van der Waals surface area contributed by atoms with E-state index in [2.05, 4.69) is 82.8 Å². The highest BCUT2D eigenvalue weighted by Crippen LogP contribution is 2.52. The fraction of sp³-hybridized carbons (Fsp3) is 0.565. The van der Waals surface area contributed by atoms with E-state index in [1.54, 1.807) is 11.1 Å². The summed E-state index contributed by atoms with van der Waals surface area (Å²) >= 11 is 0. The lowest BCUT2D eigenvalue weighted by Gasteiger charge is -2.40. The fourth-order valence-corrected chi connectivity index (χ4v) is 5.29. The molecule has 2 heteroatoms. The van der Waals surface area contributed by atoms with Gasteiger partial charge in [0.1, 0.15) is 0 Å². The van der Waals surface area contributed by atoms with Crippen LogP contribution >= 0.6 is 0 Å². The molecule has 1 saturated heterocycles. The number of aryl methyl sites for hydroxylation is 1. The van der Waals surface area contributed by atoms with Gasteiger partial charge in [0.05, 0.1) is 0 Å². The van der Waals surface area contributed by atoms with Gasteiger partial charge in [0.15, 0.2) is 0 Å². The molecule has 2 nitrogen and oxygen atoms in total. The first-order valence-corrected chi connectivity index (χ1v) is 9.72. The zero-order valence-electron chi connectivity index (χ0n) is 17.1. The Morgan fingerprint density at radius 1 is 1.24 bits per heavy atom. The average Bonchev–Trinajstić information content (AvgIpc) is 2.93. The number of anilines is 1. The third kappa shape index (κ3) is 2.66. The molecule has 25 heavy (non-hydrogen) atoms. The van der Waals surface area contributed by atoms with Crippen molar-refractivity contribution in [3.8, 4) is 0 Å². The van der Waals surface area contributed by atoms with Crippen LogP contribution in [0.5, 0.6) is 0 Å². The van der Waals surface area contributed by atoms with E-state index >= 15 is 0 Å². The van der Waals surface area contributed by atoms with Crippen molar-refractivity contribution in [2.45, 2.75) is 58.9 Å². The molecule has 0 amide bonds. The van der Waals surface area contributed by atoms with Gasteiger partial charge in [0.2, 0.25) is 0 Å². The first kappa shape index (κ1) is 18.3. The third-order valence-electron chi connectivity index (χ3n) is 6.84. The zero-order chi connectivity index (χ0) is 18.4. The molecule has 2 bridgehead atoms. The van der Waals surface area contributed by atoms with E-state index in [0.717, 1.165) is 6.54 Å². The zero-order valence-corrected chi connectivity index (χ0v) is 17.1. The molecule has 3 atom stereocenters. The van der Waals surface area contributed by atoms with Gasteiger partial charge < -0.3 is 4.90 Å². The molecule has 1 aromatic carbocycles. The van der Waals surface area contributed by atoms with Crippen molar-refractivity contribution in [2.24, 2.45) is 0 Å². The van der Waals surface area contributed by atoms with Crippen molar-refractivity contribution in [3.05, 3.63) is 52.1 Å². The van der Waals surface area contributed by atoms with E-state index < -0.39 is 0 Å². The van der Waals surface area contributed by atoms with Crippen molar-refractivity contribution in [2.75, 3.05) is 32.1 Å². The van der Waals surface area contributed by atoms with Gasteiger partial charge in [-0.05, 0) is 74.9 Å². The minimum atomic E-state index is 0.152. The number of hydrogen-bond acceptors (Lipinski definition) is 2. The summed E-state index contributed by atoms with van der Waals surface area (Å²) in [5, 5.41) is 0. The Kier molecular flexibility index (Phi) is 4.85. The third-order valence-corrected chi connectivity index (χ3v) is 6.84. The van der Waals surface area contributed by atoms with E-state index in [4.69, 9.17) is 0 Å².